The van der Waals surface area contributed by atoms with E-state index in [1.54, 1.807) is 0 Å². The number of thiazole rings is 1. The summed E-state index contributed by atoms with van der Waals surface area (Å²) in [6.45, 7) is 4.52. The van der Waals surface area contributed by atoms with Gasteiger partial charge in [0.05, 0.1) is 6.61 Å². The van der Waals surface area contributed by atoms with Gasteiger partial charge in [0.1, 0.15) is 4.60 Å². The van der Waals surface area contributed by atoms with Gasteiger partial charge < -0.3 is 19.3 Å². The van der Waals surface area contributed by atoms with Crippen molar-refractivity contribution in [3.8, 4) is 5.19 Å². The van der Waals surface area contributed by atoms with E-state index >= 15 is 0 Å². The Bertz CT molecular complexity index is 406. The van der Waals surface area contributed by atoms with Gasteiger partial charge in [-0.1, -0.05) is 11.3 Å². The first-order valence-electron chi connectivity index (χ1n) is 7.78. The number of nitrogens with zero attached hydrogens (tertiary/aromatic N) is 1. The molecule has 7 heteroatoms. The van der Waals surface area contributed by atoms with E-state index in [-0.39, 0.29) is 0 Å². The van der Waals surface area contributed by atoms with Crippen molar-refractivity contribution < 1.29 is 19.3 Å². The zero-order valence-corrected chi connectivity index (χ0v) is 15.1. The van der Waals surface area contributed by atoms with Crippen LogP contribution in [0.3, 0.4) is 0 Å². The van der Waals surface area contributed by atoms with Crippen molar-refractivity contribution in [2.75, 3.05) is 39.6 Å². The van der Waals surface area contributed by atoms with Gasteiger partial charge in [-0.05, 0) is 53.4 Å². The second-order valence-electron chi connectivity index (χ2n) is 5.54. The minimum absolute atomic E-state index is 0.337. The zero-order valence-electron chi connectivity index (χ0n) is 12.7. The topological polar surface area (TPSA) is 60.8 Å². The molecule has 0 amide bonds. The van der Waals surface area contributed by atoms with Crippen LogP contribution in [-0.2, 0) is 9.47 Å². The highest BCUT2D eigenvalue weighted by Gasteiger charge is 2.15. The molecule has 2 saturated heterocycles. The highest BCUT2D eigenvalue weighted by atomic mass is 79.9. The molecule has 0 spiro atoms. The number of hydrogen-bond acceptors (Lipinski definition) is 6. The fraction of sp³-hybridized carbons (Fsp3) is 0.800. The molecular weight excluding hydrogens is 370 g/mol. The van der Waals surface area contributed by atoms with Crippen LogP contribution in [-0.4, -0.2) is 49.7 Å². The third-order valence-corrected chi connectivity index (χ3v) is 5.30. The van der Waals surface area contributed by atoms with Gasteiger partial charge in [-0.25, -0.2) is 0 Å². The Morgan fingerprint density at radius 1 is 1.14 bits per heavy atom. The Kier molecular flexibility index (Phi) is 8.69. The predicted molar refractivity (Wildman–Crippen MR) is 89.5 cm³/mol. The average molecular weight is 394 g/mol. The van der Waals surface area contributed by atoms with E-state index in [4.69, 9.17) is 19.3 Å². The Labute approximate surface area is 144 Å². The molecule has 0 aliphatic carbocycles. The van der Waals surface area contributed by atoms with Crippen molar-refractivity contribution >= 4 is 27.3 Å². The molecular formula is C15H24BrNO4S. The normalized spacial score (nSPS) is 20.3. The fourth-order valence-corrected chi connectivity index (χ4v) is 3.43. The lowest BCUT2D eigenvalue weighted by Crippen LogP contribution is -2.21. The Hall–Kier alpha value is -0.210. The van der Waals surface area contributed by atoms with Crippen molar-refractivity contribution in [3.05, 3.63) is 9.98 Å². The number of rotatable bonds is 4. The van der Waals surface area contributed by atoms with E-state index in [9.17, 15) is 0 Å². The summed E-state index contributed by atoms with van der Waals surface area (Å²) < 4.78 is 16.8. The average Bonchev–Trinajstić information content (AvgIpc) is 3.01. The molecule has 2 fully saturated rings. The maximum atomic E-state index is 8.64. The first-order chi connectivity index (χ1) is 10.8. The van der Waals surface area contributed by atoms with Gasteiger partial charge in [-0.2, -0.15) is 4.98 Å². The molecule has 0 saturated carbocycles. The number of aliphatic hydroxyl groups excluding tert-OH is 1. The number of hydrogen-bond donors (Lipinski definition) is 1. The van der Waals surface area contributed by atoms with Crippen LogP contribution in [0.15, 0.2) is 9.98 Å². The standard InChI is InChI=1S/C9H12BrNO2S.C6H12O2/c10-8-6-14-9(11-8)13-5-7-1-3-12-4-2-7;7-5-6-1-3-8-4-2-6/h6-7H,1-5H2;6-7H,1-5H2. The van der Waals surface area contributed by atoms with E-state index in [0.717, 1.165) is 68.5 Å². The van der Waals surface area contributed by atoms with Crippen molar-refractivity contribution in [3.63, 3.8) is 0 Å². The van der Waals surface area contributed by atoms with Crippen LogP contribution in [0.2, 0.25) is 0 Å². The summed E-state index contributed by atoms with van der Waals surface area (Å²) in [7, 11) is 0. The van der Waals surface area contributed by atoms with Gasteiger partial charge in [-0.3, -0.25) is 0 Å². The quantitative estimate of drug-likeness (QED) is 0.851. The van der Waals surface area contributed by atoms with Crippen LogP contribution in [0.4, 0.5) is 0 Å². The highest BCUT2D eigenvalue weighted by molar-refractivity contribution is 9.10. The minimum atomic E-state index is 0.337. The largest absolute Gasteiger partial charge is 0.470 e. The second-order valence-corrected chi connectivity index (χ2v) is 7.17. The molecule has 0 radical (unpaired) electrons. The monoisotopic (exact) mass is 393 g/mol. The van der Waals surface area contributed by atoms with Crippen molar-refractivity contribution in [1.29, 1.82) is 0 Å². The first kappa shape index (κ1) is 18.1. The van der Waals surface area contributed by atoms with Gasteiger partial charge in [-0.15, -0.1) is 0 Å². The Morgan fingerprint density at radius 2 is 1.73 bits per heavy atom. The molecule has 2 aliphatic heterocycles. The number of ether oxygens (including phenoxy) is 3. The molecule has 1 N–H and O–H groups in total. The van der Waals surface area contributed by atoms with Crippen molar-refractivity contribution in [2.24, 2.45) is 11.8 Å². The van der Waals surface area contributed by atoms with E-state index < -0.39 is 0 Å². The smallest absolute Gasteiger partial charge is 0.274 e. The third kappa shape index (κ3) is 6.91. The van der Waals surface area contributed by atoms with Crippen LogP contribution >= 0.6 is 27.3 Å². The third-order valence-electron chi connectivity index (χ3n) is 3.84. The Morgan fingerprint density at radius 3 is 2.18 bits per heavy atom. The summed E-state index contributed by atoms with van der Waals surface area (Å²) in [4.78, 5) is 4.18. The zero-order chi connectivity index (χ0) is 15.6. The van der Waals surface area contributed by atoms with Crippen molar-refractivity contribution in [1.82, 2.24) is 4.98 Å². The summed E-state index contributed by atoms with van der Waals surface area (Å²) in [5.74, 6) is 1.15. The summed E-state index contributed by atoms with van der Waals surface area (Å²) in [5.41, 5.74) is 0. The molecule has 0 atom stereocenters. The van der Waals surface area contributed by atoms with Gasteiger partial charge in [0.25, 0.3) is 5.19 Å². The summed E-state index contributed by atoms with van der Waals surface area (Å²) in [6.07, 6.45) is 4.28. The fourth-order valence-electron chi connectivity index (χ4n) is 2.34. The molecule has 2 aliphatic rings. The lowest BCUT2D eigenvalue weighted by molar-refractivity contribution is 0.0455. The molecule has 3 rings (SSSR count). The van der Waals surface area contributed by atoms with E-state index in [1.807, 2.05) is 5.38 Å². The van der Waals surface area contributed by atoms with Gasteiger partial charge in [0.2, 0.25) is 0 Å². The van der Waals surface area contributed by atoms with Gasteiger partial charge >= 0.3 is 0 Å². The van der Waals surface area contributed by atoms with E-state index in [0.29, 0.717) is 18.4 Å². The number of aliphatic hydroxyl groups is 1. The van der Waals surface area contributed by atoms with Crippen LogP contribution in [0.1, 0.15) is 25.7 Å². The molecule has 1 aromatic heterocycles. The molecule has 22 heavy (non-hydrogen) atoms. The van der Waals surface area contributed by atoms with Crippen LogP contribution in [0, 0.1) is 11.8 Å². The second kappa shape index (κ2) is 10.5. The molecule has 5 nitrogen and oxygen atoms in total. The lowest BCUT2D eigenvalue weighted by Gasteiger charge is -2.21. The molecule has 0 bridgehead atoms. The summed E-state index contributed by atoms with van der Waals surface area (Å²) >= 11 is 4.82. The maximum absolute atomic E-state index is 8.64. The first-order valence-corrected chi connectivity index (χ1v) is 9.45. The molecule has 1 aromatic rings. The minimum Gasteiger partial charge on any atom is -0.470 e. The van der Waals surface area contributed by atoms with E-state index in [2.05, 4.69) is 20.9 Å². The molecule has 0 unspecified atom stereocenters. The number of halogens is 1. The van der Waals surface area contributed by atoms with Gasteiger partial charge in [0, 0.05) is 38.4 Å². The van der Waals surface area contributed by atoms with E-state index in [1.165, 1.54) is 11.3 Å². The summed E-state index contributed by atoms with van der Waals surface area (Å²) in [6, 6.07) is 0. The molecule has 3 heterocycles. The van der Waals surface area contributed by atoms with Crippen molar-refractivity contribution in [2.45, 2.75) is 25.7 Å². The Balaban J connectivity index is 0.000000188. The van der Waals surface area contributed by atoms with Gasteiger partial charge in [0.15, 0.2) is 0 Å². The number of aromatic nitrogens is 1. The van der Waals surface area contributed by atoms with Crippen LogP contribution in [0.5, 0.6) is 5.19 Å². The van der Waals surface area contributed by atoms with Crippen LogP contribution in [0.25, 0.3) is 0 Å². The summed E-state index contributed by atoms with van der Waals surface area (Å²) in [5, 5.41) is 11.3. The SMILES string of the molecule is Brc1csc(OCC2CCOCC2)n1.OCC1CCOCC1. The highest BCUT2D eigenvalue weighted by Crippen LogP contribution is 2.23. The molecule has 126 valence electrons. The van der Waals surface area contributed by atoms with Crippen LogP contribution < -0.4 is 4.74 Å². The lowest BCUT2D eigenvalue weighted by atomic mass is 10.0. The maximum Gasteiger partial charge on any atom is 0.274 e. The predicted octanol–water partition coefficient (Wildman–Crippen LogP) is 3.12. The molecule has 0 aromatic carbocycles.